The number of halogens is 1. The first-order valence-corrected chi connectivity index (χ1v) is 9.10. The lowest BCUT2D eigenvalue weighted by Crippen LogP contribution is -2.17. The van der Waals surface area contributed by atoms with Crippen molar-refractivity contribution in [2.24, 2.45) is 0 Å². The van der Waals surface area contributed by atoms with E-state index >= 15 is 0 Å². The summed E-state index contributed by atoms with van der Waals surface area (Å²) in [5.41, 5.74) is 2.02. The van der Waals surface area contributed by atoms with Crippen molar-refractivity contribution < 1.29 is 4.79 Å². The highest BCUT2D eigenvalue weighted by molar-refractivity contribution is 9.10. The Labute approximate surface area is 151 Å². The lowest BCUT2D eigenvalue weighted by atomic mass is 10.2. The Bertz CT molecular complexity index is 926. The van der Waals surface area contributed by atoms with E-state index in [9.17, 15) is 9.59 Å². The summed E-state index contributed by atoms with van der Waals surface area (Å²) in [4.78, 5) is 27.8. The van der Waals surface area contributed by atoms with E-state index in [0.29, 0.717) is 18.5 Å². The molecule has 2 aromatic heterocycles. The standard InChI is InChI=1S/C17H16BrN3O2S/c1-11-9-19-17(23)21(11)14-4-2-3-13(8-14)20-16(22)6-5-15-7-12(18)10-24-15/h2-4,7-10H,5-6H2,1H3,(H,19,23)(H,20,22). The van der Waals surface area contributed by atoms with Crippen molar-refractivity contribution >= 4 is 38.9 Å². The van der Waals surface area contributed by atoms with E-state index < -0.39 is 0 Å². The fourth-order valence-electron chi connectivity index (χ4n) is 2.44. The van der Waals surface area contributed by atoms with E-state index in [-0.39, 0.29) is 11.6 Å². The van der Waals surface area contributed by atoms with Gasteiger partial charge >= 0.3 is 5.69 Å². The number of hydrogen-bond donors (Lipinski definition) is 2. The van der Waals surface area contributed by atoms with Crippen LogP contribution in [0.3, 0.4) is 0 Å². The Morgan fingerprint density at radius 2 is 2.21 bits per heavy atom. The Morgan fingerprint density at radius 1 is 1.38 bits per heavy atom. The van der Waals surface area contributed by atoms with Crippen LogP contribution in [-0.4, -0.2) is 15.5 Å². The van der Waals surface area contributed by atoms with Crippen molar-refractivity contribution in [3.05, 3.63) is 67.4 Å². The van der Waals surface area contributed by atoms with Gasteiger partial charge < -0.3 is 10.3 Å². The van der Waals surface area contributed by atoms with Gasteiger partial charge in [0.25, 0.3) is 0 Å². The molecule has 0 unspecified atom stereocenters. The maximum absolute atomic E-state index is 12.1. The summed E-state index contributed by atoms with van der Waals surface area (Å²) in [6.45, 7) is 1.85. The highest BCUT2D eigenvalue weighted by atomic mass is 79.9. The van der Waals surface area contributed by atoms with E-state index in [0.717, 1.165) is 15.9 Å². The number of aromatic nitrogens is 2. The first-order chi connectivity index (χ1) is 11.5. The number of aryl methyl sites for hydroxylation is 2. The molecule has 0 spiro atoms. The molecule has 0 aliphatic rings. The zero-order valence-corrected chi connectivity index (χ0v) is 15.4. The van der Waals surface area contributed by atoms with E-state index in [1.165, 1.54) is 4.88 Å². The van der Waals surface area contributed by atoms with E-state index in [4.69, 9.17) is 0 Å². The van der Waals surface area contributed by atoms with Gasteiger partial charge in [-0.2, -0.15) is 0 Å². The molecule has 1 aromatic carbocycles. The summed E-state index contributed by atoms with van der Waals surface area (Å²) in [7, 11) is 0. The van der Waals surface area contributed by atoms with Crippen LogP contribution in [-0.2, 0) is 11.2 Å². The maximum atomic E-state index is 12.1. The highest BCUT2D eigenvalue weighted by Crippen LogP contribution is 2.21. The molecule has 0 aliphatic carbocycles. The molecule has 0 saturated carbocycles. The molecule has 24 heavy (non-hydrogen) atoms. The molecule has 124 valence electrons. The van der Waals surface area contributed by atoms with Crippen LogP contribution in [0, 0.1) is 6.92 Å². The second-order valence-electron chi connectivity index (χ2n) is 5.40. The summed E-state index contributed by atoms with van der Waals surface area (Å²) in [6.07, 6.45) is 2.78. The van der Waals surface area contributed by atoms with Crippen molar-refractivity contribution in [2.45, 2.75) is 19.8 Å². The monoisotopic (exact) mass is 405 g/mol. The maximum Gasteiger partial charge on any atom is 0.330 e. The number of rotatable bonds is 5. The van der Waals surface area contributed by atoms with Gasteiger partial charge in [0.1, 0.15) is 0 Å². The number of benzene rings is 1. The van der Waals surface area contributed by atoms with Gasteiger partial charge in [0.15, 0.2) is 0 Å². The molecular formula is C17H16BrN3O2S. The second-order valence-corrected chi connectivity index (χ2v) is 7.31. The van der Waals surface area contributed by atoms with Crippen molar-refractivity contribution in [1.29, 1.82) is 0 Å². The van der Waals surface area contributed by atoms with Gasteiger partial charge in [0.05, 0.1) is 5.69 Å². The lowest BCUT2D eigenvalue weighted by Gasteiger charge is -2.08. The largest absolute Gasteiger partial charge is 0.330 e. The number of amides is 1. The van der Waals surface area contributed by atoms with E-state index in [1.54, 1.807) is 28.2 Å². The molecule has 0 bridgehead atoms. The number of nitrogens with one attached hydrogen (secondary N) is 2. The van der Waals surface area contributed by atoms with Gasteiger partial charge in [-0.25, -0.2) is 4.79 Å². The minimum absolute atomic E-state index is 0.0465. The summed E-state index contributed by atoms with van der Waals surface area (Å²) < 4.78 is 2.61. The van der Waals surface area contributed by atoms with Crippen molar-refractivity contribution in [3.8, 4) is 5.69 Å². The second kappa shape index (κ2) is 7.19. The topological polar surface area (TPSA) is 66.9 Å². The van der Waals surface area contributed by atoms with E-state index in [2.05, 4.69) is 26.2 Å². The SMILES string of the molecule is Cc1c[nH]c(=O)n1-c1cccc(NC(=O)CCc2cc(Br)cs2)c1. The van der Waals surface area contributed by atoms with Crippen molar-refractivity contribution in [3.63, 3.8) is 0 Å². The Morgan fingerprint density at radius 3 is 2.88 bits per heavy atom. The molecule has 5 nitrogen and oxygen atoms in total. The molecule has 0 aliphatic heterocycles. The molecule has 1 amide bonds. The quantitative estimate of drug-likeness (QED) is 0.676. The third kappa shape index (κ3) is 3.85. The number of anilines is 1. The summed E-state index contributed by atoms with van der Waals surface area (Å²) in [5, 5.41) is 4.90. The third-order valence-corrected chi connectivity index (χ3v) is 5.33. The fraction of sp³-hybridized carbons (Fsp3) is 0.176. The third-order valence-electron chi connectivity index (χ3n) is 3.57. The van der Waals surface area contributed by atoms with Crippen molar-refractivity contribution in [2.75, 3.05) is 5.32 Å². The molecule has 3 aromatic rings. The Balaban J connectivity index is 1.68. The Kier molecular flexibility index (Phi) is 5.01. The first kappa shape index (κ1) is 16.7. The van der Waals surface area contributed by atoms with Gasteiger partial charge in [-0.05, 0) is 53.5 Å². The average Bonchev–Trinajstić information content (AvgIpc) is 3.11. The molecule has 0 saturated heterocycles. The number of carbonyl (C=O) groups is 1. The molecule has 2 N–H and O–H groups in total. The molecule has 2 heterocycles. The Hall–Kier alpha value is -2.12. The number of hydrogen-bond acceptors (Lipinski definition) is 3. The molecule has 0 fully saturated rings. The zero-order valence-electron chi connectivity index (χ0n) is 13.0. The lowest BCUT2D eigenvalue weighted by molar-refractivity contribution is -0.116. The predicted molar refractivity (Wildman–Crippen MR) is 100 cm³/mol. The van der Waals surface area contributed by atoms with Gasteiger partial charge in [-0.15, -0.1) is 11.3 Å². The normalized spacial score (nSPS) is 10.8. The minimum Gasteiger partial charge on any atom is -0.326 e. The summed E-state index contributed by atoms with van der Waals surface area (Å²) in [6, 6.07) is 9.29. The highest BCUT2D eigenvalue weighted by Gasteiger charge is 2.08. The molecule has 7 heteroatoms. The van der Waals surface area contributed by atoms with Gasteiger partial charge in [-0.1, -0.05) is 6.07 Å². The summed E-state index contributed by atoms with van der Waals surface area (Å²) >= 11 is 5.04. The number of thiophene rings is 1. The molecule has 3 rings (SSSR count). The number of nitrogens with zero attached hydrogens (tertiary/aromatic N) is 1. The van der Waals surface area contributed by atoms with Crippen LogP contribution >= 0.6 is 27.3 Å². The van der Waals surface area contributed by atoms with Crippen LogP contribution < -0.4 is 11.0 Å². The van der Waals surface area contributed by atoms with Gasteiger partial charge in [0.2, 0.25) is 5.91 Å². The van der Waals surface area contributed by atoms with Crippen molar-refractivity contribution in [1.82, 2.24) is 9.55 Å². The fourth-order valence-corrected chi connectivity index (χ4v) is 3.90. The minimum atomic E-state index is -0.195. The van der Waals surface area contributed by atoms with Crippen LogP contribution in [0.25, 0.3) is 5.69 Å². The van der Waals surface area contributed by atoms with Crippen LogP contribution in [0.15, 0.2) is 51.2 Å². The van der Waals surface area contributed by atoms with Crippen LogP contribution in [0.5, 0.6) is 0 Å². The number of imidazole rings is 1. The predicted octanol–water partition coefficient (Wildman–Crippen LogP) is 3.87. The van der Waals surface area contributed by atoms with Crippen LogP contribution in [0.2, 0.25) is 0 Å². The smallest absolute Gasteiger partial charge is 0.326 e. The van der Waals surface area contributed by atoms with Gasteiger partial charge in [0, 0.05) is 38.7 Å². The molecule has 0 atom stereocenters. The van der Waals surface area contributed by atoms with Gasteiger partial charge in [-0.3, -0.25) is 9.36 Å². The number of H-pyrrole nitrogens is 1. The molecule has 0 radical (unpaired) electrons. The van der Waals surface area contributed by atoms with Crippen LogP contribution in [0.1, 0.15) is 17.0 Å². The number of aromatic amines is 1. The average molecular weight is 406 g/mol. The van der Waals surface area contributed by atoms with E-state index in [1.807, 2.05) is 36.6 Å². The summed E-state index contributed by atoms with van der Waals surface area (Å²) in [5.74, 6) is -0.0465. The van der Waals surface area contributed by atoms with Crippen LogP contribution in [0.4, 0.5) is 5.69 Å². The number of carbonyl (C=O) groups excluding carboxylic acids is 1. The molecular weight excluding hydrogens is 390 g/mol. The first-order valence-electron chi connectivity index (χ1n) is 7.43. The zero-order chi connectivity index (χ0) is 17.1.